The molecule has 2 rings (SSSR count). The summed E-state index contributed by atoms with van der Waals surface area (Å²) in [6, 6.07) is 4.97. The Hall–Kier alpha value is -1.07. The fourth-order valence-corrected chi connectivity index (χ4v) is 3.81. The lowest BCUT2D eigenvalue weighted by molar-refractivity contribution is -0.126. The number of anilines is 1. The molecule has 0 radical (unpaired) electrons. The van der Waals surface area contributed by atoms with Gasteiger partial charge < -0.3 is 10.6 Å². The van der Waals surface area contributed by atoms with Crippen molar-refractivity contribution in [1.82, 2.24) is 4.90 Å². The molecule has 1 aliphatic heterocycles. The summed E-state index contributed by atoms with van der Waals surface area (Å²) in [7, 11) is 0.223. The van der Waals surface area contributed by atoms with E-state index in [0.29, 0.717) is 28.6 Å². The molecule has 1 aromatic rings. The first-order valence-corrected chi connectivity index (χ1v) is 6.81. The molecule has 0 saturated carbocycles. The number of amides is 1. The molecule has 92 valence electrons. The van der Waals surface area contributed by atoms with Crippen LogP contribution in [0.4, 0.5) is 5.69 Å². The molecule has 17 heavy (non-hydrogen) atoms. The van der Waals surface area contributed by atoms with Crippen LogP contribution in [0.15, 0.2) is 23.1 Å². The average Bonchev–Trinajstić information content (AvgIpc) is 2.59. The molecule has 0 bridgehead atoms. The van der Waals surface area contributed by atoms with Crippen LogP contribution in [-0.4, -0.2) is 33.9 Å². The quantitative estimate of drug-likeness (QED) is 0.825. The Morgan fingerprint density at radius 2 is 2.24 bits per heavy atom. The van der Waals surface area contributed by atoms with E-state index in [2.05, 4.69) is 0 Å². The molecule has 6 heteroatoms. The standard InChI is InChI=1S/C11H13ClN2O2S/c1-14-6-5-9(11(14)15)17(16)10-7(12)3-2-4-8(10)13/h2-4,9H,5-6,13H2,1H3. The van der Waals surface area contributed by atoms with E-state index in [0.717, 1.165) is 0 Å². The smallest absolute Gasteiger partial charge is 0.238 e. The number of carbonyl (C=O) groups is 1. The second kappa shape index (κ2) is 4.66. The predicted molar refractivity (Wildman–Crippen MR) is 68.3 cm³/mol. The maximum Gasteiger partial charge on any atom is 0.238 e. The number of nitrogens with zero attached hydrogens (tertiary/aromatic N) is 1. The second-order valence-corrected chi connectivity index (χ2v) is 5.97. The Kier molecular flexibility index (Phi) is 3.40. The molecule has 0 spiro atoms. The highest BCUT2D eigenvalue weighted by molar-refractivity contribution is 7.86. The highest BCUT2D eigenvalue weighted by atomic mass is 35.5. The maximum absolute atomic E-state index is 12.3. The third-order valence-electron chi connectivity index (χ3n) is 2.84. The van der Waals surface area contributed by atoms with Gasteiger partial charge >= 0.3 is 0 Å². The van der Waals surface area contributed by atoms with E-state index in [4.69, 9.17) is 17.3 Å². The summed E-state index contributed by atoms with van der Waals surface area (Å²) in [5.41, 5.74) is 6.14. The van der Waals surface area contributed by atoms with Crippen molar-refractivity contribution in [2.24, 2.45) is 0 Å². The minimum Gasteiger partial charge on any atom is -0.398 e. The van der Waals surface area contributed by atoms with Gasteiger partial charge in [0.2, 0.25) is 5.91 Å². The van der Waals surface area contributed by atoms with Crippen LogP contribution in [0, 0.1) is 0 Å². The molecule has 1 fully saturated rings. The lowest BCUT2D eigenvalue weighted by atomic mass is 10.3. The SMILES string of the molecule is CN1CCC(S(=O)c2c(N)cccc2Cl)C1=O. The van der Waals surface area contributed by atoms with Crippen LogP contribution in [0.3, 0.4) is 0 Å². The predicted octanol–water partition coefficient (Wildman–Crippen LogP) is 1.26. The van der Waals surface area contributed by atoms with Gasteiger partial charge in [-0.05, 0) is 18.6 Å². The van der Waals surface area contributed by atoms with E-state index in [-0.39, 0.29) is 5.91 Å². The number of halogens is 1. The van der Waals surface area contributed by atoms with Gasteiger partial charge in [0.1, 0.15) is 5.25 Å². The van der Waals surface area contributed by atoms with Crippen molar-refractivity contribution in [3.05, 3.63) is 23.2 Å². The normalized spacial score (nSPS) is 21.9. The molecule has 1 aromatic carbocycles. The number of likely N-dealkylation sites (tertiary alicyclic amines) is 1. The van der Waals surface area contributed by atoms with Crippen LogP contribution in [0.5, 0.6) is 0 Å². The minimum absolute atomic E-state index is 0.109. The van der Waals surface area contributed by atoms with Gasteiger partial charge in [0, 0.05) is 19.3 Å². The molecule has 0 aliphatic carbocycles. The van der Waals surface area contributed by atoms with E-state index in [1.165, 1.54) is 0 Å². The van der Waals surface area contributed by atoms with E-state index in [9.17, 15) is 9.00 Å². The largest absolute Gasteiger partial charge is 0.398 e. The molecular formula is C11H13ClN2O2S. The summed E-state index contributed by atoms with van der Waals surface area (Å²) in [5, 5.41) is -0.173. The fraction of sp³-hybridized carbons (Fsp3) is 0.364. The molecule has 1 heterocycles. The van der Waals surface area contributed by atoms with Crippen molar-refractivity contribution in [3.8, 4) is 0 Å². The van der Waals surface area contributed by atoms with E-state index in [1.54, 1.807) is 30.1 Å². The van der Waals surface area contributed by atoms with Gasteiger partial charge in [0.05, 0.1) is 20.7 Å². The molecular weight excluding hydrogens is 260 g/mol. The lowest BCUT2D eigenvalue weighted by Gasteiger charge is -2.12. The third-order valence-corrected chi connectivity index (χ3v) is 5.07. The molecule has 2 N–H and O–H groups in total. The fourth-order valence-electron chi connectivity index (χ4n) is 1.87. The van der Waals surface area contributed by atoms with Crippen LogP contribution in [0.25, 0.3) is 0 Å². The van der Waals surface area contributed by atoms with Crippen molar-refractivity contribution in [2.45, 2.75) is 16.6 Å². The van der Waals surface area contributed by atoms with Crippen LogP contribution >= 0.6 is 11.6 Å². The number of carbonyl (C=O) groups excluding carboxylic acids is 1. The zero-order valence-corrected chi connectivity index (χ0v) is 10.9. The molecule has 4 nitrogen and oxygen atoms in total. The van der Waals surface area contributed by atoms with Crippen molar-refractivity contribution in [3.63, 3.8) is 0 Å². The number of hydrogen-bond acceptors (Lipinski definition) is 3. The maximum atomic E-state index is 12.3. The minimum atomic E-state index is -1.48. The van der Waals surface area contributed by atoms with Gasteiger partial charge in [-0.25, -0.2) is 0 Å². The first-order valence-electron chi connectivity index (χ1n) is 5.22. The van der Waals surface area contributed by atoms with Gasteiger partial charge in [-0.15, -0.1) is 0 Å². The van der Waals surface area contributed by atoms with Gasteiger partial charge in [-0.1, -0.05) is 17.7 Å². The summed E-state index contributed by atoms with van der Waals surface area (Å²) in [4.78, 5) is 13.7. The van der Waals surface area contributed by atoms with Gasteiger partial charge in [0.25, 0.3) is 0 Å². The van der Waals surface area contributed by atoms with Crippen molar-refractivity contribution in [1.29, 1.82) is 0 Å². The average molecular weight is 273 g/mol. The third kappa shape index (κ3) is 2.17. The monoisotopic (exact) mass is 272 g/mol. The Morgan fingerprint density at radius 1 is 1.53 bits per heavy atom. The number of nitrogen functional groups attached to an aromatic ring is 1. The lowest BCUT2D eigenvalue weighted by Crippen LogP contribution is -2.29. The molecule has 1 amide bonds. The highest BCUT2D eigenvalue weighted by Crippen LogP contribution is 2.30. The second-order valence-electron chi connectivity index (χ2n) is 3.99. The van der Waals surface area contributed by atoms with Crippen molar-refractivity contribution >= 4 is 34.0 Å². The van der Waals surface area contributed by atoms with Gasteiger partial charge in [-0.2, -0.15) is 0 Å². The molecule has 2 unspecified atom stereocenters. The summed E-state index contributed by atoms with van der Waals surface area (Å²) in [6.45, 7) is 0.625. The van der Waals surface area contributed by atoms with E-state index >= 15 is 0 Å². The summed E-state index contributed by atoms with van der Waals surface area (Å²) >= 11 is 5.99. The summed E-state index contributed by atoms with van der Waals surface area (Å²) < 4.78 is 12.3. The molecule has 1 aliphatic rings. The van der Waals surface area contributed by atoms with Crippen molar-refractivity contribution in [2.75, 3.05) is 19.3 Å². The van der Waals surface area contributed by atoms with Gasteiger partial charge in [0.15, 0.2) is 0 Å². The number of hydrogen-bond donors (Lipinski definition) is 1. The zero-order chi connectivity index (χ0) is 12.6. The Morgan fingerprint density at radius 3 is 2.76 bits per heavy atom. The topological polar surface area (TPSA) is 63.4 Å². The first-order chi connectivity index (χ1) is 8.02. The van der Waals surface area contributed by atoms with Crippen LogP contribution in [-0.2, 0) is 15.6 Å². The molecule has 1 saturated heterocycles. The Balaban J connectivity index is 2.35. The van der Waals surface area contributed by atoms with E-state index < -0.39 is 16.0 Å². The molecule has 0 aromatic heterocycles. The first kappa shape index (κ1) is 12.4. The Bertz CT molecular complexity index is 472. The van der Waals surface area contributed by atoms with Crippen molar-refractivity contribution < 1.29 is 9.00 Å². The van der Waals surface area contributed by atoms with Crippen LogP contribution in [0.2, 0.25) is 5.02 Å². The summed E-state index contributed by atoms with van der Waals surface area (Å²) in [5.74, 6) is -0.109. The number of nitrogens with two attached hydrogens (primary N) is 1. The number of rotatable bonds is 2. The number of benzene rings is 1. The van der Waals surface area contributed by atoms with Crippen LogP contribution in [0.1, 0.15) is 6.42 Å². The summed E-state index contributed by atoms with van der Waals surface area (Å²) in [6.07, 6.45) is 0.576. The van der Waals surface area contributed by atoms with Gasteiger partial charge in [-0.3, -0.25) is 9.00 Å². The Labute approximate surface area is 107 Å². The zero-order valence-electron chi connectivity index (χ0n) is 9.35. The van der Waals surface area contributed by atoms with Crippen LogP contribution < -0.4 is 5.73 Å². The molecule has 2 atom stereocenters. The van der Waals surface area contributed by atoms with E-state index in [1.807, 2.05) is 0 Å². The highest BCUT2D eigenvalue weighted by Gasteiger charge is 2.35.